The zero-order valence-corrected chi connectivity index (χ0v) is 13.8. The first-order chi connectivity index (χ1) is 11.8. The average molecular weight is 330 g/mol. The van der Waals surface area contributed by atoms with Gasteiger partial charge in [-0.2, -0.15) is 0 Å². The van der Waals surface area contributed by atoms with Crippen molar-refractivity contribution in [2.75, 3.05) is 5.73 Å². The quantitative estimate of drug-likeness (QED) is 0.568. The normalized spacial score (nSPS) is 10.7. The summed E-state index contributed by atoms with van der Waals surface area (Å²) >= 11 is 1.45. The van der Waals surface area contributed by atoms with E-state index < -0.39 is 0 Å². The van der Waals surface area contributed by atoms with Gasteiger partial charge in [0.15, 0.2) is 0 Å². The van der Waals surface area contributed by atoms with Crippen LogP contribution in [0, 0.1) is 0 Å². The molecule has 3 aromatic carbocycles. The second-order valence-corrected chi connectivity index (χ2v) is 6.40. The van der Waals surface area contributed by atoms with Gasteiger partial charge in [-0.15, -0.1) is 3.96 Å². The van der Waals surface area contributed by atoms with E-state index in [-0.39, 0.29) is 0 Å². The van der Waals surface area contributed by atoms with Gasteiger partial charge in [-0.25, -0.2) is 0 Å². The number of nitrogens with zero attached hydrogens (tertiary/aromatic N) is 2. The fourth-order valence-corrected chi connectivity index (χ4v) is 3.45. The van der Waals surface area contributed by atoms with Crippen molar-refractivity contribution in [3.8, 4) is 28.2 Å². The topological polar surface area (TPSA) is 42.8 Å². The maximum Gasteiger partial charge on any atom is 0.350 e. The van der Waals surface area contributed by atoms with Gasteiger partial charge in [0.2, 0.25) is 0 Å². The lowest BCUT2D eigenvalue weighted by Gasteiger charge is -2.02. The number of anilines is 1. The van der Waals surface area contributed by atoms with E-state index in [2.05, 4.69) is 57.5 Å². The summed E-state index contributed by atoms with van der Waals surface area (Å²) in [5.74, 6) is 0.866. The number of rotatable bonds is 3. The second-order valence-electron chi connectivity index (χ2n) is 5.44. The summed E-state index contributed by atoms with van der Waals surface area (Å²) in [7, 11) is 0. The molecule has 1 heterocycles. The second kappa shape index (κ2) is 6.26. The zero-order valence-electron chi connectivity index (χ0n) is 13.0. The third-order valence-corrected chi connectivity index (χ3v) is 4.68. The van der Waals surface area contributed by atoms with Crippen LogP contribution < -0.4 is 9.69 Å². The molecule has 0 radical (unpaired) electrons. The Bertz CT molecular complexity index is 945. The molecule has 0 spiro atoms. The van der Waals surface area contributed by atoms with Crippen LogP contribution >= 0.6 is 11.5 Å². The maximum atomic E-state index is 5.96. The summed E-state index contributed by atoms with van der Waals surface area (Å²) in [6, 6.07) is 28.9. The molecule has 0 saturated carbocycles. The van der Waals surface area contributed by atoms with Crippen LogP contribution in [0.15, 0.2) is 84.9 Å². The molecule has 0 fully saturated rings. The van der Waals surface area contributed by atoms with Crippen molar-refractivity contribution in [2.45, 2.75) is 0 Å². The van der Waals surface area contributed by atoms with E-state index in [0.717, 1.165) is 17.1 Å². The molecule has 0 amide bonds. The molecule has 0 aliphatic heterocycles. The molecule has 0 unspecified atom stereocenters. The Morgan fingerprint density at radius 2 is 1.21 bits per heavy atom. The minimum absolute atomic E-state index is 0.556. The van der Waals surface area contributed by atoms with Crippen molar-refractivity contribution in [1.82, 2.24) is 4.98 Å². The Balaban J connectivity index is 1.75. The molecule has 0 aliphatic rings. The largest absolute Gasteiger partial charge is 0.351 e. The Hall–Kier alpha value is -2.98. The lowest BCUT2D eigenvalue weighted by molar-refractivity contribution is -0.509. The summed E-state index contributed by atoms with van der Waals surface area (Å²) in [6.07, 6.45) is 0. The SMILES string of the molecule is Nc1nc(-c2ccccc2)[n+](-c2ccc(-c3ccccc3)cc2)s1. The van der Waals surface area contributed by atoms with Crippen molar-refractivity contribution >= 4 is 16.7 Å². The first-order valence-corrected chi connectivity index (χ1v) is 8.49. The predicted molar refractivity (Wildman–Crippen MR) is 98.9 cm³/mol. The van der Waals surface area contributed by atoms with Gasteiger partial charge >= 0.3 is 11.0 Å². The Kier molecular flexibility index (Phi) is 3.81. The van der Waals surface area contributed by atoms with Crippen molar-refractivity contribution in [3.63, 3.8) is 0 Å². The lowest BCUT2D eigenvalue weighted by Crippen LogP contribution is -2.27. The fourth-order valence-electron chi connectivity index (χ4n) is 2.67. The number of nitrogens with two attached hydrogens (primary N) is 1. The number of aromatic nitrogens is 2. The van der Waals surface area contributed by atoms with Crippen molar-refractivity contribution in [2.24, 2.45) is 0 Å². The van der Waals surface area contributed by atoms with E-state index in [1.165, 1.54) is 22.7 Å². The van der Waals surface area contributed by atoms with Crippen LogP contribution in [0.4, 0.5) is 5.13 Å². The van der Waals surface area contributed by atoms with Crippen molar-refractivity contribution in [1.29, 1.82) is 0 Å². The van der Waals surface area contributed by atoms with Gasteiger partial charge in [0.1, 0.15) is 17.2 Å². The molecule has 0 atom stereocenters. The molecule has 24 heavy (non-hydrogen) atoms. The van der Waals surface area contributed by atoms with E-state index in [1.807, 2.05) is 36.4 Å². The minimum Gasteiger partial charge on any atom is -0.351 e. The van der Waals surface area contributed by atoms with Crippen molar-refractivity contribution < 1.29 is 3.96 Å². The Morgan fingerprint density at radius 1 is 0.667 bits per heavy atom. The molecule has 3 nitrogen and oxygen atoms in total. The van der Waals surface area contributed by atoms with Gasteiger partial charge in [-0.1, -0.05) is 60.7 Å². The van der Waals surface area contributed by atoms with Gasteiger partial charge < -0.3 is 5.73 Å². The molecule has 0 bridgehead atoms. The highest BCUT2D eigenvalue weighted by molar-refractivity contribution is 7.05. The number of benzene rings is 3. The summed E-state index contributed by atoms with van der Waals surface area (Å²) in [5.41, 5.74) is 10.5. The van der Waals surface area contributed by atoms with E-state index in [0.29, 0.717) is 5.13 Å². The number of hydrogen-bond acceptors (Lipinski definition) is 3. The Morgan fingerprint density at radius 3 is 1.83 bits per heavy atom. The average Bonchev–Trinajstić information content (AvgIpc) is 3.05. The monoisotopic (exact) mass is 330 g/mol. The van der Waals surface area contributed by atoms with E-state index >= 15 is 0 Å². The maximum absolute atomic E-state index is 5.96. The molecule has 2 N–H and O–H groups in total. The molecule has 1 aromatic heterocycles. The molecule has 4 aromatic rings. The van der Waals surface area contributed by atoms with Gasteiger partial charge in [0, 0.05) is 0 Å². The van der Waals surface area contributed by atoms with Crippen LogP contribution in [-0.2, 0) is 0 Å². The molecular formula is C20H16N3S+. The van der Waals surface area contributed by atoms with Gasteiger partial charge in [0.25, 0.3) is 0 Å². The van der Waals surface area contributed by atoms with Gasteiger partial charge in [-0.3, -0.25) is 0 Å². The molecule has 116 valence electrons. The summed E-state index contributed by atoms with van der Waals surface area (Å²) in [4.78, 5) is 4.50. The van der Waals surface area contributed by atoms with Crippen LogP contribution in [0.3, 0.4) is 0 Å². The highest BCUT2D eigenvalue weighted by Gasteiger charge is 2.22. The highest BCUT2D eigenvalue weighted by Crippen LogP contribution is 2.23. The third-order valence-electron chi connectivity index (χ3n) is 3.83. The lowest BCUT2D eigenvalue weighted by atomic mass is 10.1. The van der Waals surface area contributed by atoms with E-state index in [9.17, 15) is 0 Å². The molecular weight excluding hydrogens is 314 g/mol. The van der Waals surface area contributed by atoms with Gasteiger partial charge in [-0.05, 0) is 40.4 Å². The van der Waals surface area contributed by atoms with Crippen LogP contribution in [0.2, 0.25) is 0 Å². The highest BCUT2D eigenvalue weighted by atomic mass is 32.1. The van der Waals surface area contributed by atoms with E-state index in [1.54, 1.807) is 0 Å². The molecule has 4 heteroatoms. The zero-order chi connectivity index (χ0) is 16.4. The summed E-state index contributed by atoms with van der Waals surface area (Å²) in [6.45, 7) is 0. The number of hydrogen-bond donors (Lipinski definition) is 1. The summed E-state index contributed by atoms with van der Waals surface area (Å²) in [5, 5.41) is 0.556. The smallest absolute Gasteiger partial charge is 0.350 e. The van der Waals surface area contributed by atoms with E-state index in [4.69, 9.17) is 5.73 Å². The minimum atomic E-state index is 0.556. The third kappa shape index (κ3) is 2.79. The molecule has 0 aliphatic carbocycles. The van der Waals surface area contributed by atoms with Crippen molar-refractivity contribution in [3.05, 3.63) is 84.9 Å². The summed E-state index contributed by atoms with van der Waals surface area (Å²) < 4.78 is 2.07. The fraction of sp³-hybridized carbons (Fsp3) is 0. The standard InChI is InChI=1S/C20H15N3S/c21-20-22-19(17-9-5-2-6-10-17)23(24-20)18-13-11-16(12-14-18)15-7-3-1-4-8-15/h1-14,21H/p+1. The molecule has 0 saturated heterocycles. The van der Waals surface area contributed by atoms with Crippen LogP contribution in [-0.4, -0.2) is 4.98 Å². The molecule has 4 rings (SSSR count). The van der Waals surface area contributed by atoms with Crippen LogP contribution in [0.5, 0.6) is 0 Å². The van der Waals surface area contributed by atoms with Crippen LogP contribution in [0.25, 0.3) is 28.2 Å². The first kappa shape index (κ1) is 14.6. The Labute approximate surface area is 144 Å². The van der Waals surface area contributed by atoms with Crippen LogP contribution in [0.1, 0.15) is 0 Å². The number of nitrogen functional groups attached to an aromatic ring is 1. The first-order valence-electron chi connectivity index (χ1n) is 7.71. The van der Waals surface area contributed by atoms with Gasteiger partial charge in [0.05, 0.1) is 5.56 Å². The predicted octanol–water partition coefficient (Wildman–Crippen LogP) is 4.34.